The van der Waals surface area contributed by atoms with Crippen molar-refractivity contribution in [1.29, 1.82) is 0 Å². The van der Waals surface area contributed by atoms with Crippen LogP contribution < -0.4 is 10.6 Å². The van der Waals surface area contributed by atoms with Crippen molar-refractivity contribution in [1.82, 2.24) is 19.9 Å². The van der Waals surface area contributed by atoms with E-state index in [0.29, 0.717) is 11.6 Å². The zero-order valence-electron chi connectivity index (χ0n) is 12.6. The molecule has 118 valence electrons. The van der Waals surface area contributed by atoms with Crippen molar-refractivity contribution in [3.8, 4) is 0 Å². The second-order valence-corrected chi connectivity index (χ2v) is 5.88. The molecule has 23 heavy (non-hydrogen) atoms. The van der Waals surface area contributed by atoms with Gasteiger partial charge in [-0.15, -0.1) is 10.2 Å². The van der Waals surface area contributed by atoms with Crippen molar-refractivity contribution in [2.75, 3.05) is 17.3 Å². The number of hydrogen-bond acceptors (Lipinski definition) is 4. The molecule has 0 aliphatic heterocycles. The number of benzene rings is 1. The van der Waals surface area contributed by atoms with Crippen LogP contribution in [0.5, 0.6) is 0 Å². The summed E-state index contributed by atoms with van der Waals surface area (Å²) in [5.74, 6) is 1.19. The number of aromatic nitrogens is 3. The van der Waals surface area contributed by atoms with Crippen molar-refractivity contribution in [3.63, 3.8) is 0 Å². The van der Waals surface area contributed by atoms with Gasteiger partial charge >= 0.3 is 6.03 Å². The van der Waals surface area contributed by atoms with Gasteiger partial charge in [-0.25, -0.2) is 4.79 Å². The molecule has 7 heteroatoms. The summed E-state index contributed by atoms with van der Waals surface area (Å²) in [6.07, 6.45) is 3.82. The fourth-order valence-electron chi connectivity index (χ4n) is 2.30. The first kappa shape index (κ1) is 15.4. The number of anilines is 1. The van der Waals surface area contributed by atoms with E-state index < -0.39 is 0 Å². The lowest BCUT2D eigenvalue weighted by Crippen LogP contribution is -2.34. The Kier molecular flexibility index (Phi) is 4.77. The standard InChI is InChI=1S/C16H17N5OS/c1-23-11-13(12-7-3-2-4-8-12)17-16(22)18-15-20-19-14-9-5-6-10-21(14)15/h2-10,13H,11H2,1H3,(H2,17,18,20,22)/t13-/m1/s1. The summed E-state index contributed by atoms with van der Waals surface area (Å²) in [5.41, 5.74) is 1.76. The summed E-state index contributed by atoms with van der Waals surface area (Å²) in [5, 5.41) is 13.7. The maximum absolute atomic E-state index is 12.3. The number of carbonyl (C=O) groups is 1. The van der Waals surface area contributed by atoms with Crippen LogP contribution in [0.3, 0.4) is 0 Å². The molecule has 2 aromatic heterocycles. The molecule has 0 radical (unpaired) electrons. The number of pyridine rings is 1. The highest BCUT2D eigenvalue weighted by atomic mass is 32.2. The van der Waals surface area contributed by atoms with Gasteiger partial charge in [0, 0.05) is 11.9 Å². The smallest absolute Gasteiger partial charge is 0.322 e. The van der Waals surface area contributed by atoms with Crippen LogP contribution in [-0.4, -0.2) is 32.6 Å². The van der Waals surface area contributed by atoms with Crippen LogP contribution in [0.1, 0.15) is 11.6 Å². The molecule has 0 saturated heterocycles. The van der Waals surface area contributed by atoms with E-state index in [0.717, 1.165) is 11.3 Å². The topological polar surface area (TPSA) is 71.3 Å². The average Bonchev–Trinajstić information content (AvgIpc) is 2.98. The Bertz CT molecular complexity index is 789. The summed E-state index contributed by atoms with van der Waals surface area (Å²) in [4.78, 5) is 12.3. The molecule has 2 heterocycles. The van der Waals surface area contributed by atoms with Gasteiger partial charge in [0.2, 0.25) is 5.95 Å². The van der Waals surface area contributed by atoms with Crippen LogP contribution in [-0.2, 0) is 0 Å². The van der Waals surface area contributed by atoms with Crippen LogP contribution in [0.2, 0.25) is 0 Å². The van der Waals surface area contributed by atoms with Gasteiger partial charge in [0.15, 0.2) is 5.65 Å². The molecule has 2 amide bonds. The zero-order chi connectivity index (χ0) is 16.1. The normalized spacial score (nSPS) is 12.0. The molecule has 0 aliphatic carbocycles. The molecule has 0 unspecified atom stereocenters. The minimum Gasteiger partial charge on any atom is -0.330 e. The predicted molar refractivity (Wildman–Crippen MR) is 92.7 cm³/mol. The van der Waals surface area contributed by atoms with Crippen LogP contribution in [0, 0.1) is 0 Å². The molecular weight excluding hydrogens is 310 g/mol. The average molecular weight is 327 g/mol. The number of urea groups is 1. The number of nitrogens with zero attached hydrogens (tertiary/aromatic N) is 3. The van der Waals surface area contributed by atoms with Crippen molar-refractivity contribution in [2.45, 2.75) is 6.04 Å². The molecular formula is C16H17N5OS. The maximum atomic E-state index is 12.3. The minimum absolute atomic E-state index is 0.0645. The zero-order valence-corrected chi connectivity index (χ0v) is 13.5. The quantitative estimate of drug-likeness (QED) is 0.756. The summed E-state index contributed by atoms with van der Waals surface area (Å²) < 4.78 is 1.73. The van der Waals surface area contributed by atoms with Gasteiger partial charge in [-0.1, -0.05) is 36.4 Å². The van der Waals surface area contributed by atoms with Gasteiger partial charge < -0.3 is 5.32 Å². The fraction of sp³-hybridized carbons (Fsp3) is 0.188. The number of carbonyl (C=O) groups excluding carboxylic acids is 1. The monoisotopic (exact) mass is 327 g/mol. The molecule has 0 fully saturated rings. The van der Waals surface area contributed by atoms with Crippen LogP contribution >= 0.6 is 11.8 Å². The first-order chi connectivity index (χ1) is 11.3. The predicted octanol–water partition coefficient (Wildman–Crippen LogP) is 2.96. The summed E-state index contributed by atoms with van der Waals surface area (Å²) >= 11 is 1.68. The van der Waals surface area contributed by atoms with Crippen LogP contribution in [0.15, 0.2) is 54.7 Å². The number of nitrogens with one attached hydrogen (secondary N) is 2. The van der Waals surface area contributed by atoms with Gasteiger partial charge in [0.1, 0.15) is 0 Å². The molecule has 0 aliphatic rings. The van der Waals surface area contributed by atoms with Crippen LogP contribution in [0.4, 0.5) is 10.7 Å². The number of rotatable bonds is 5. The lowest BCUT2D eigenvalue weighted by Gasteiger charge is -2.18. The third-order valence-corrected chi connectivity index (χ3v) is 4.05. The molecule has 3 aromatic rings. The van der Waals surface area contributed by atoms with Gasteiger partial charge in [0.25, 0.3) is 0 Å². The highest BCUT2D eigenvalue weighted by Crippen LogP contribution is 2.17. The Balaban J connectivity index is 1.72. The molecule has 0 spiro atoms. The third kappa shape index (κ3) is 3.62. The number of thioether (sulfide) groups is 1. The van der Waals surface area contributed by atoms with E-state index in [1.54, 1.807) is 16.2 Å². The molecule has 1 atom stereocenters. The van der Waals surface area contributed by atoms with Crippen molar-refractivity contribution < 1.29 is 4.79 Å². The molecule has 2 N–H and O–H groups in total. The molecule has 6 nitrogen and oxygen atoms in total. The van der Waals surface area contributed by atoms with E-state index in [1.165, 1.54) is 0 Å². The Morgan fingerprint density at radius 1 is 1.17 bits per heavy atom. The van der Waals surface area contributed by atoms with Gasteiger partial charge in [-0.05, 0) is 24.0 Å². The van der Waals surface area contributed by atoms with Crippen molar-refractivity contribution in [2.24, 2.45) is 0 Å². The highest BCUT2D eigenvalue weighted by molar-refractivity contribution is 7.98. The van der Waals surface area contributed by atoms with E-state index in [4.69, 9.17) is 0 Å². The highest BCUT2D eigenvalue weighted by Gasteiger charge is 2.15. The summed E-state index contributed by atoms with van der Waals surface area (Å²) in [6, 6.07) is 15.1. The lowest BCUT2D eigenvalue weighted by atomic mass is 10.1. The minimum atomic E-state index is -0.300. The Morgan fingerprint density at radius 2 is 1.96 bits per heavy atom. The van der Waals surface area contributed by atoms with E-state index in [9.17, 15) is 4.79 Å². The van der Waals surface area contributed by atoms with Crippen molar-refractivity contribution in [3.05, 3.63) is 60.3 Å². The molecule has 0 saturated carbocycles. The Labute approximate surface area is 138 Å². The first-order valence-corrected chi connectivity index (χ1v) is 8.58. The maximum Gasteiger partial charge on any atom is 0.322 e. The Morgan fingerprint density at radius 3 is 2.74 bits per heavy atom. The number of fused-ring (bicyclic) bond motifs is 1. The van der Waals surface area contributed by atoms with E-state index in [1.807, 2.05) is 61.0 Å². The number of amides is 2. The van der Waals surface area contributed by atoms with Gasteiger partial charge in [-0.3, -0.25) is 9.72 Å². The lowest BCUT2D eigenvalue weighted by molar-refractivity contribution is 0.249. The first-order valence-electron chi connectivity index (χ1n) is 7.19. The largest absolute Gasteiger partial charge is 0.330 e. The van der Waals surface area contributed by atoms with Gasteiger partial charge in [0.05, 0.1) is 6.04 Å². The third-order valence-electron chi connectivity index (χ3n) is 3.38. The Hall–Kier alpha value is -2.54. The fourth-order valence-corrected chi connectivity index (χ4v) is 2.90. The summed E-state index contributed by atoms with van der Waals surface area (Å²) in [7, 11) is 0. The van der Waals surface area contributed by atoms with E-state index in [-0.39, 0.29) is 12.1 Å². The number of hydrogen-bond donors (Lipinski definition) is 2. The summed E-state index contributed by atoms with van der Waals surface area (Å²) in [6.45, 7) is 0. The van der Waals surface area contributed by atoms with E-state index >= 15 is 0 Å². The van der Waals surface area contributed by atoms with Crippen molar-refractivity contribution >= 4 is 29.4 Å². The second-order valence-electron chi connectivity index (χ2n) is 4.97. The molecule has 0 bridgehead atoms. The molecule has 1 aromatic carbocycles. The molecule has 3 rings (SSSR count). The van der Waals surface area contributed by atoms with Crippen LogP contribution in [0.25, 0.3) is 5.65 Å². The van der Waals surface area contributed by atoms with E-state index in [2.05, 4.69) is 20.8 Å². The SMILES string of the molecule is CSC[C@@H](NC(=O)Nc1nnc2ccccn12)c1ccccc1. The van der Waals surface area contributed by atoms with Gasteiger partial charge in [-0.2, -0.15) is 11.8 Å². The second kappa shape index (κ2) is 7.15.